The van der Waals surface area contributed by atoms with Crippen molar-refractivity contribution in [3.8, 4) is 0 Å². The Kier molecular flexibility index (Phi) is 12.9. The molecule has 0 aromatic heterocycles. The van der Waals surface area contributed by atoms with E-state index in [2.05, 4.69) is 13.2 Å². The van der Waals surface area contributed by atoms with Gasteiger partial charge in [-0.2, -0.15) is 0 Å². The highest BCUT2D eigenvalue weighted by atomic mass is 16.5. The number of primary amides is 2. The molecule has 0 saturated carbocycles. The zero-order valence-corrected chi connectivity index (χ0v) is 13.7. The Hall–Kier alpha value is -1.70. The van der Waals surface area contributed by atoms with E-state index >= 15 is 0 Å². The molecule has 0 atom stereocenters. The third-order valence-corrected chi connectivity index (χ3v) is 2.98. The van der Waals surface area contributed by atoms with Crippen molar-refractivity contribution in [2.75, 3.05) is 39.6 Å². The van der Waals surface area contributed by atoms with Crippen LogP contribution in [0.4, 0.5) is 0 Å². The number of carbonyl (C=O) groups excluding carboxylic acids is 2. The second kappa shape index (κ2) is 13.9. The molecule has 0 spiro atoms. The summed E-state index contributed by atoms with van der Waals surface area (Å²) in [7, 11) is 0. The van der Waals surface area contributed by atoms with E-state index in [1.165, 1.54) is 0 Å². The van der Waals surface area contributed by atoms with Gasteiger partial charge in [-0.15, -0.1) is 0 Å². The second-order valence-corrected chi connectivity index (χ2v) is 4.98. The topological polar surface area (TPSA) is 114 Å². The number of carbonyl (C=O) groups is 2. The predicted molar refractivity (Wildman–Crippen MR) is 87.6 cm³/mol. The van der Waals surface area contributed by atoms with E-state index in [0.29, 0.717) is 76.5 Å². The number of hydrogen-bond acceptors (Lipinski definition) is 5. The summed E-state index contributed by atoms with van der Waals surface area (Å²) in [5.74, 6) is -0.931. The Labute approximate surface area is 137 Å². The maximum absolute atomic E-state index is 10.7. The largest absolute Gasteiger partial charge is 0.379 e. The average molecular weight is 328 g/mol. The van der Waals surface area contributed by atoms with Crippen LogP contribution in [0.2, 0.25) is 0 Å². The first-order valence-electron chi connectivity index (χ1n) is 7.63. The number of rotatable bonds is 16. The van der Waals surface area contributed by atoms with Crippen LogP contribution in [0.5, 0.6) is 0 Å². The van der Waals surface area contributed by atoms with E-state index in [1.54, 1.807) is 0 Å². The molecular formula is C16H28N2O5. The van der Waals surface area contributed by atoms with Crippen LogP contribution < -0.4 is 11.5 Å². The molecule has 0 saturated heterocycles. The molecule has 0 radical (unpaired) electrons. The highest BCUT2D eigenvalue weighted by molar-refractivity contribution is 5.91. The molecule has 23 heavy (non-hydrogen) atoms. The molecule has 0 aliphatic carbocycles. The lowest BCUT2D eigenvalue weighted by Crippen LogP contribution is -2.14. The van der Waals surface area contributed by atoms with Gasteiger partial charge in [0, 0.05) is 24.4 Å². The lowest BCUT2D eigenvalue weighted by molar-refractivity contribution is -0.115. The summed E-state index contributed by atoms with van der Waals surface area (Å²) in [5.41, 5.74) is 11.0. The summed E-state index contributed by atoms with van der Waals surface area (Å²) in [5, 5.41) is 0. The van der Waals surface area contributed by atoms with Gasteiger partial charge in [0.05, 0.1) is 26.4 Å². The quantitative estimate of drug-likeness (QED) is 0.319. The van der Waals surface area contributed by atoms with Gasteiger partial charge in [-0.3, -0.25) is 9.59 Å². The molecule has 0 heterocycles. The zero-order valence-electron chi connectivity index (χ0n) is 13.7. The normalized spacial score (nSPS) is 10.4. The molecule has 0 fully saturated rings. The smallest absolute Gasteiger partial charge is 0.244 e. The molecule has 7 heteroatoms. The summed E-state index contributed by atoms with van der Waals surface area (Å²) in [6.07, 6.45) is 2.52. The number of amides is 2. The SMILES string of the molecule is C=C(CCCOCCOCCOCCCC(=C)C(N)=O)C(N)=O. The minimum Gasteiger partial charge on any atom is -0.379 e. The van der Waals surface area contributed by atoms with Gasteiger partial charge in [-0.25, -0.2) is 0 Å². The molecule has 0 bridgehead atoms. The molecular weight excluding hydrogens is 300 g/mol. The van der Waals surface area contributed by atoms with E-state index in [9.17, 15) is 9.59 Å². The van der Waals surface area contributed by atoms with Crippen LogP contribution in [-0.2, 0) is 23.8 Å². The Morgan fingerprint density at radius 3 is 1.26 bits per heavy atom. The van der Waals surface area contributed by atoms with Gasteiger partial charge in [0.15, 0.2) is 0 Å². The van der Waals surface area contributed by atoms with Crippen LogP contribution in [0.3, 0.4) is 0 Å². The second-order valence-electron chi connectivity index (χ2n) is 4.98. The minimum atomic E-state index is -0.465. The van der Waals surface area contributed by atoms with Crippen LogP contribution in [0.25, 0.3) is 0 Å². The van der Waals surface area contributed by atoms with Crippen LogP contribution in [0.1, 0.15) is 25.7 Å². The molecule has 0 aliphatic heterocycles. The van der Waals surface area contributed by atoms with Gasteiger partial charge in [-0.05, 0) is 25.7 Å². The Balaban J connectivity index is 3.19. The third-order valence-electron chi connectivity index (χ3n) is 2.98. The summed E-state index contributed by atoms with van der Waals surface area (Å²) >= 11 is 0. The molecule has 7 nitrogen and oxygen atoms in total. The summed E-state index contributed by atoms with van der Waals surface area (Å²) in [6, 6.07) is 0. The Bertz CT molecular complexity index is 360. The van der Waals surface area contributed by atoms with Gasteiger partial charge in [0.1, 0.15) is 0 Å². The molecule has 0 aromatic carbocycles. The first kappa shape index (κ1) is 21.3. The molecule has 132 valence electrons. The minimum absolute atomic E-state index is 0.418. The summed E-state index contributed by atoms with van der Waals surface area (Å²) < 4.78 is 16.0. The lowest BCUT2D eigenvalue weighted by Gasteiger charge is -2.07. The van der Waals surface area contributed by atoms with Crippen LogP contribution in [0, 0.1) is 0 Å². The lowest BCUT2D eigenvalue weighted by atomic mass is 10.1. The first-order valence-corrected chi connectivity index (χ1v) is 7.63. The van der Waals surface area contributed by atoms with Crippen LogP contribution in [-0.4, -0.2) is 51.5 Å². The van der Waals surface area contributed by atoms with Gasteiger partial charge in [-0.1, -0.05) is 13.2 Å². The highest BCUT2D eigenvalue weighted by Crippen LogP contribution is 2.02. The zero-order chi connectivity index (χ0) is 17.5. The molecule has 0 unspecified atom stereocenters. The van der Waals surface area contributed by atoms with Crippen molar-refractivity contribution < 1.29 is 23.8 Å². The predicted octanol–water partition coefficient (Wildman–Crippen LogP) is 0.680. The van der Waals surface area contributed by atoms with Crippen molar-refractivity contribution in [2.24, 2.45) is 11.5 Å². The van der Waals surface area contributed by atoms with Crippen LogP contribution in [0.15, 0.2) is 24.3 Å². The molecule has 2 amide bonds. The molecule has 0 rings (SSSR count). The van der Waals surface area contributed by atoms with Crippen molar-refractivity contribution in [1.29, 1.82) is 0 Å². The van der Waals surface area contributed by atoms with Crippen molar-refractivity contribution in [2.45, 2.75) is 25.7 Å². The molecule has 4 N–H and O–H groups in total. The number of nitrogens with two attached hydrogens (primary N) is 2. The maximum atomic E-state index is 10.7. The van der Waals surface area contributed by atoms with Crippen molar-refractivity contribution in [1.82, 2.24) is 0 Å². The van der Waals surface area contributed by atoms with E-state index in [1.807, 2.05) is 0 Å². The van der Waals surface area contributed by atoms with Crippen molar-refractivity contribution in [3.05, 3.63) is 24.3 Å². The monoisotopic (exact) mass is 328 g/mol. The van der Waals surface area contributed by atoms with Gasteiger partial charge in [0.25, 0.3) is 0 Å². The average Bonchev–Trinajstić information content (AvgIpc) is 2.50. The first-order chi connectivity index (χ1) is 10.9. The van der Waals surface area contributed by atoms with Crippen molar-refractivity contribution in [3.63, 3.8) is 0 Å². The maximum Gasteiger partial charge on any atom is 0.244 e. The van der Waals surface area contributed by atoms with Gasteiger partial charge < -0.3 is 25.7 Å². The molecule has 0 aliphatic rings. The summed E-state index contributed by atoms with van der Waals surface area (Å²) in [6.45, 7) is 10.1. The fourth-order valence-electron chi connectivity index (χ4n) is 1.56. The Morgan fingerprint density at radius 1 is 0.652 bits per heavy atom. The van der Waals surface area contributed by atoms with Crippen LogP contribution >= 0.6 is 0 Å². The van der Waals surface area contributed by atoms with E-state index < -0.39 is 11.8 Å². The van der Waals surface area contributed by atoms with E-state index in [-0.39, 0.29) is 0 Å². The fourth-order valence-corrected chi connectivity index (χ4v) is 1.56. The number of hydrogen-bond donors (Lipinski definition) is 2. The third kappa shape index (κ3) is 13.7. The Morgan fingerprint density at radius 2 is 0.957 bits per heavy atom. The summed E-state index contributed by atoms with van der Waals surface area (Å²) in [4.78, 5) is 21.4. The standard InChI is InChI=1S/C16H28N2O5/c1-13(15(17)19)5-3-7-21-9-11-23-12-10-22-8-4-6-14(2)16(18)20/h1-12H2,(H2,17,19)(H2,18,20). The van der Waals surface area contributed by atoms with Gasteiger partial charge >= 0.3 is 0 Å². The highest BCUT2D eigenvalue weighted by Gasteiger charge is 2.01. The van der Waals surface area contributed by atoms with E-state index in [4.69, 9.17) is 25.7 Å². The fraction of sp³-hybridized carbons (Fsp3) is 0.625. The molecule has 0 aromatic rings. The van der Waals surface area contributed by atoms with E-state index in [0.717, 1.165) is 0 Å². The number of ether oxygens (including phenoxy) is 3. The van der Waals surface area contributed by atoms with Crippen molar-refractivity contribution >= 4 is 11.8 Å². The van der Waals surface area contributed by atoms with Gasteiger partial charge in [0.2, 0.25) is 11.8 Å².